The number of hydrogen-bond donors (Lipinski definition) is 1. The van der Waals surface area contributed by atoms with Crippen LogP contribution in [0.1, 0.15) is 17.2 Å². The molecule has 0 aromatic heterocycles. The summed E-state index contributed by atoms with van der Waals surface area (Å²) in [5.41, 5.74) is -0.0844. The molecule has 0 fully saturated rings. The third-order valence-electron chi connectivity index (χ3n) is 2.48. The molecule has 0 aliphatic carbocycles. The minimum absolute atomic E-state index is 0.145. The number of halogens is 4. The largest absolute Gasteiger partial charge is 0.384 e. The maximum atomic E-state index is 13.5. The molecular formula is C13H8BrF3O. The zero-order chi connectivity index (χ0) is 13.3. The smallest absolute Gasteiger partial charge is 0.164 e. The van der Waals surface area contributed by atoms with Crippen molar-refractivity contribution in [3.8, 4) is 0 Å². The van der Waals surface area contributed by atoms with Crippen LogP contribution in [0.4, 0.5) is 13.2 Å². The lowest BCUT2D eigenvalue weighted by atomic mass is 10.0. The van der Waals surface area contributed by atoms with Crippen molar-refractivity contribution in [2.24, 2.45) is 0 Å². The second kappa shape index (κ2) is 5.12. The van der Waals surface area contributed by atoms with E-state index in [0.29, 0.717) is 4.47 Å². The molecule has 1 nitrogen and oxygen atoms in total. The van der Waals surface area contributed by atoms with E-state index in [2.05, 4.69) is 15.9 Å². The van der Waals surface area contributed by atoms with E-state index in [4.69, 9.17) is 0 Å². The maximum absolute atomic E-state index is 13.5. The van der Waals surface area contributed by atoms with Gasteiger partial charge in [0.15, 0.2) is 11.6 Å². The van der Waals surface area contributed by atoms with Crippen LogP contribution in [0.25, 0.3) is 0 Å². The van der Waals surface area contributed by atoms with Gasteiger partial charge in [-0.05, 0) is 29.8 Å². The summed E-state index contributed by atoms with van der Waals surface area (Å²) in [4.78, 5) is 0. The normalized spacial score (nSPS) is 12.5. The topological polar surface area (TPSA) is 20.2 Å². The average Bonchev–Trinajstić information content (AvgIpc) is 2.30. The molecule has 1 N–H and O–H groups in total. The summed E-state index contributed by atoms with van der Waals surface area (Å²) in [5, 5.41) is 9.95. The molecule has 0 aliphatic heterocycles. The van der Waals surface area contributed by atoms with Crippen LogP contribution in [0.5, 0.6) is 0 Å². The first-order valence-corrected chi connectivity index (χ1v) is 5.86. The van der Waals surface area contributed by atoms with Gasteiger partial charge in [-0.1, -0.05) is 28.1 Å². The van der Waals surface area contributed by atoms with Crippen LogP contribution < -0.4 is 0 Å². The molecule has 0 saturated carbocycles. The molecule has 1 unspecified atom stereocenters. The Morgan fingerprint density at radius 3 is 2.44 bits per heavy atom. The fourth-order valence-electron chi connectivity index (χ4n) is 1.64. The highest BCUT2D eigenvalue weighted by Crippen LogP contribution is 2.28. The van der Waals surface area contributed by atoms with E-state index < -0.39 is 23.6 Å². The Morgan fingerprint density at radius 1 is 1.06 bits per heavy atom. The van der Waals surface area contributed by atoms with Crippen LogP contribution in [-0.2, 0) is 0 Å². The number of aliphatic hydroxyl groups is 1. The Hall–Kier alpha value is -1.33. The first-order valence-electron chi connectivity index (χ1n) is 5.07. The summed E-state index contributed by atoms with van der Waals surface area (Å²) >= 11 is 3.07. The maximum Gasteiger partial charge on any atom is 0.164 e. The molecule has 0 spiro atoms. The van der Waals surface area contributed by atoms with Crippen LogP contribution in [0, 0.1) is 17.5 Å². The summed E-state index contributed by atoms with van der Waals surface area (Å²) in [7, 11) is 0. The molecule has 18 heavy (non-hydrogen) atoms. The fourth-order valence-corrected chi connectivity index (χ4v) is 2.13. The molecular weight excluding hydrogens is 309 g/mol. The van der Waals surface area contributed by atoms with E-state index in [0.717, 1.165) is 12.1 Å². The molecule has 2 rings (SSSR count). The molecule has 0 heterocycles. The Balaban J connectivity index is 2.47. The third-order valence-corrected chi connectivity index (χ3v) is 2.93. The van der Waals surface area contributed by atoms with Crippen molar-refractivity contribution in [3.05, 3.63) is 69.4 Å². The molecule has 0 saturated heterocycles. The Morgan fingerprint density at radius 2 is 1.78 bits per heavy atom. The molecule has 0 amide bonds. The van der Waals surface area contributed by atoms with Crippen molar-refractivity contribution in [3.63, 3.8) is 0 Å². The van der Waals surface area contributed by atoms with E-state index in [9.17, 15) is 18.3 Å². The summed E-state index contributed by atoms with van der Waals surface area (Å²) < 4.78 is 40.1. The SMILES string of the molecule is OC(c1cc(F)cc(Br)c1)c1cccc(F)c1F. The summed E-state index contributed by atoms with van der Waals surface area (Å²) in [6.07, 6.45) is -1.42. The highest BCUT2D eigenvalue weighted by molar-refractivity contribution is 9.10. The van der Waals surface area contributed by atoms with Crippen molar-refractivity contribution in [1.82, 2.24) is 0 Å². The van der Waals surface area contributed by atoms with Crippen molar-refractivity contribution >= 4 is 15.9 Å². The van der Waals surface area contributed by atoms with Gasteiger partial charge < -0.3 is 5.11 Å². The second-order valence-electron chi connectivity index (χ2n) is 3.75. The predicted octanol–water partition coefficient (Wildman–Crippen LogP) is 3.95. The van der Waals surface area contributed by atoms with Gasteiger partial charge in [0.1, 0.15) is 11.9 Å². The van der Waals surface area contributed by atoms with Gasteiger partial charge in [0.2, 0.25) is 0 Å². The number of hydrogen-bond acceptors (Lipinski definition) is 1. The quantitative estimate of drug-likeness (QED) is 0.889. The van der Waals surface area contributed by atoms with Gasteiger partial charge >= 0.3 is 0 Å². The van der Waals surface area contributed by atoms with Gasteiger partial charge in [0, 0.05) is 10.0 Å². The van der Waals surface area contributed by atoms with Crippen molar-refractivity contribution in [2.45, 2.75) is 6.10 Å². The summed E-state index contributed by atoms with van der Waals surface area (Å²) in [6, 6.07) is 7.20. The van der Waals surface area contributed by atoms with Crippen LogP contribution in [0.3, 0.4) is 0 Å². The Kier molecular flexibility index (Phi) is 3.73. The average molecular weight is 317 g/mol. The fraction of sp³-hybridized carbons (Fsp3) is 0.0769. The van der Waals surface area contributed by atoms with Crippen molar-refractivity contribution in [1.29, 1.82) is 0 Å². The highest BCUT2D eigenvalue weighted by Gasteiger charge is 2.18. The van der Waals surface area contributed by atoms with E-state index in [-0.39, 0.29) is 11.1 Å². The molecule has 94 valence electrons. The molecule has 2 aromatic rings. The Bertz CT molecular complexity index is 566. The van der Waals surface area contributed by atoms with Gasteiger partial charge in [0.05, 0.1) is 0 Å². The van der Waals surface area contributed by atoms with Gasteiger partial charge in [-0.15, -0.1) is 0 Å². The first-order chi connectivity index (χ1) is 8.49. The standard InChI is InChI=1S/C13H8BrF3O/c14-8-4-7(5-9(15)6-8)13(18)10-2-1-3-11(16)12(10)17/h1-6,13,18H. The molecule has 0 bridgehead atoms. The molecule has 0 radical (unpaired) electrons. The summed E-state index contributed by atoms with van der Waals surface area (Å²) in [6.45, 7) is 0. The van der Waals surface area contributed by atoms with E-state index in [1.54, 1.807) is 0 Å². The number of aliphatic hydroxyl groups excluding tert-OH is 1. The number of rotatable bonds is 2. The van der Waals surface area contributed by atoms with Crippen molar-refractivity contribution < 1.29 is 18.3 Å². The molecule has 1 atom stereocenters. The summed E-state index contributed by atoms with van der Waals surface area (Å²) in [5.74, 6) is -2.76. The lowest BCUT2D eigenvalue weighted by molar-refractivity contribution is 0.212. The number of benzene rings is 2. The van der Waals surface area contributed by atoms with Crippen LogP contribution in [0.2, 0.25) is 0 Å². The third kappa shape index (κ3) is 2.57. The van der Waals surface area contributed by atoms with Gasteiger partial charge in [0.25, 0.3) is 0 Å². The monoisotopic (exact) mass is 316 g/mol. The predicted molar refractivity (Wildman–Crippen MR) is 64.5 cm³/mol. The second-order valence-corrected chi connectivity index (χ2v) is 4.66. The highest BCUT2D eigenvalue weighted by atomic mass is 79.9. The Labute approximate surface area is 110 Å². The lowest BCUT2D eigenvalue weighted by Crippen LogP contribution is -2.04. The molecule has 5 heteroatoms. The lowest BCUT2D eigenvalue weighted by Gasteiger charge is -2.13. The van der Waals surface area contributed by atoms with Crippen LogP contribution in [0.15, 0.2) is 40.9 Å². The zero-order valence-corrected chi connectivity index (χ0v) is 10.6. The zero-order valence-electron chi connectivity index (χ0n) is 9.00. The van der Waals surface area contributed by atoms with Crippen LogP contribution >= 0.6 is 15.9 Å². The van der Waals surface area contributed by atoms with Gasteiger partial charge in [-0.2, -0.15) is 0 Å². The van der Waals surface area contributed by atoms with Gasteiger partial charge in [-0.25, -0.2) is 13.2 Å². The minimum atomic E-state index is -1.42. The minimum Gasteiger partial charge on any atom is -0.384 e. The molecule has 2 aromatic carbocycles. The van der Waals surface area contributed by atoms with E-state index in [1.165, 1.54) is 24.3 Å². The van der Waals surface area contributed by atoms with Crippen LogP contribution in [-0.4, -0.2) is 5.11 Å². The van der Waals surface area contributed by atoms with E-state index in [1.807, 2.05) is 0 Å². The van der Waals surface area contributed by atoms with Gasteiger partial charge in [-0.3, -0.25) is 0 Å². The molecule has 0 aliphatic rings. The van der Waals surface area contributed by atoms with Crippen molar-refractivity contribution in [2.75, 3.05) is 0 Å². The van der Waals surface area contributed by atoms with E-state index >= 15 is 0 Å². The first kappa shape index (κ1) is 13.1.